The van der Waals surface area contributed by atoms with Crippen LogP contribution in [0.5, 0.6) is 5.75 Å². The zero-order valence-corrected chi connectivity index (χ0v) is 18.4. The Morgan fingerprint density at radius 2 is 2.00 bits per heavy atom. The summed E-state index contributed by atoms with van der Waals surface area (Å²) >= 11 is 0. The molecule has 1 aliphatic rings. The van der Waals surface area contributed by atoms with Crippen LogP contribution in [0.1, 0.15) is 56.7 Å². The molecule has 3 aromatic rings. The Labute approximate surface area is 186 Å². The van der Waals surface area contributed by atoms with Crippen LogP contribution >= 0.6 is 0 Å². The van der Waals surface area contributed by atoms with E-state index in [0.29, 0.717) is 35.7 Å². The van der Waals surface area contributed by atoms with E-state index < -0.39 is 0 Å². The van der Waals surface area contributed by atoms with Gasteiger partial charge in [-0.3, -0.25) is 14.3 Å². The van der Waals surface area contributed by atoms with Crippen molar-refractivity contribution < 1.29 is 14.3 Å². The molecule has 0 radical (unpaired) electrons. The number of nitrogens with zero attached hydrogens (tertiary/aromatic N) is 5. The number of rotatable bonds is 6. The quantitative estimate of drug-likeness (QED) is 0.639. The largest absolute Gasteiger partial charge is 0.497 e. The number of amides is 2. The van der Waals surface area contributed by atoms with Gasteiger partial charge in [-0.1, -0.05) is 12.1 Å². The minimum Gasteiger partial charge on any atom is -0.497 e. The second-order valence-corrected chi connectivity index (χ2v) is 7.81. The van der Waals surface area contributed by atoms with Gasteiger partial charge in [-0.2, -0.15) is 5.10 Å². The van der Waals surface area contributed by atoms with Crippen LogP contribution in [0.3, 0.4) is 0 Å². The smallest absolute Gasteiger partial charge is 0.257 e. The van der Waals surface area contributed by atoms with Gasteiger partial charge in [0.1, 0.15) is 11.6 Å². The van der Waals surface area contributed by atoms with Crippen LogP contribution in [0.15, 0.2) is 42.9 Å². The maximum Gasteiger partial charge on any atom is 0.257 e. The molecule has 1 aliphatic heterocycles. The maximum atomic E-state index is 13.1. The Balaban J connectivity index is 1.55. The molecule has 1 N–H and O–H groups in total. The molecule has 9 nitrogen and oxygen atoms in total. The molecule has 0 saturated carbocycles. The predicted octanol–water partition coefficient (Wildman–Crippen LogP) is 2.43. The van der Waals surface area contributed by atoms with Gasteiger partial charge >= 0.3 is 0 Å². The topological polar surface area (TPSA) is 102 Å². The van der Waals surface area contributed by atoms with E-state index in [9.17, 15) is 9.59 Å². The third-order valence-electron chi connectivity index (χ3n) is 5.58. The van der Waals surface area contributed by atoms with E-state index in [-0.39, 0.29) is 17.9 Å². The van der Waals surface area contributed by atoms with Gasteiger partial charge < -0.3 is 15.0 Å². The monoisotopic (exact) mass is 434 g/mol. The fourth-order valence-electron chi connectivity index (χ4n) is 3.93. The summed E-state index contributed by atoms with van der Waals surface area (Å²) in [7, 11) is 3.39. The van der Waals surface area contributed by atoms with Crippen molar-refractivity contribution in [3.05, 3.63) is 71.1 Å². The molecule has 1 aromatic carbocycles. The summed E-state index contributed by atoms with van der Waals surface area (Å²) in [4.78, 5) is 36.7. The van der Waals surface area contributed by atoms with E-state index in [2.05, 4.69) is 20.4 Å². The molecular weight excluding hydrogens is 408 g/mol. The highest BCUT2D eigenvalue weighted by atomic mass is 16.5. The van der Waals surface area contributed by atoms with E-state index in [1.54, 1.807) is 49.3 Å². The highest BCUT2D eigenvalue weighted by Gasteiger charge is 2.34. The van der Waals surface area contributed by atoms with Crippen LogP contribution in [-0.2, 0) is 13.6 Å². The van der Waals surface area contributed by atoms with Crippen LogP contribution in [0.25, 0.3) is 0 Å². The zero-order chi connectivity index (χ0) is 22.7. The van der Waals surface area contributed by atoms with Gasteiger partial charge in [-0.15, -0.1) is 0 Å². The molecule has 0 spiro atoms. The molecule has 9 heteroatoms. The first-order chi connectivity index (χ1) is 15.5. The second-order valence-electron chi connectivity index (χ2n) is 7.81. The standard InChI is InChI=1S/C23H26N6O3/c1-15-24-13-19(22(30)25-11-16-6-8-18(32-3)9-7-16)21(27-15)20-5-4-10-29(20)23(31)17-12-26-28(2)14-17/h6-9,12-14,20H,4-5,10-11H2,1-3H3,(H,25,30). The van der Waals surface area contributed by atoms with Crippen LogP contribution in [-0.4, -0.2) is 50.1 Å². The summed E-state index contributed by atoms with van der Waals surface area (Å²) in [5, 5.41) is 7.04. The Morgan fingerprint density at radius 1 is 1.22 bits per heavy atom. The second kappa shape index (κ2) is 9.17. The summed E-state index contributed by atoms with van der Waals surface area (Å²) in [6.45, 7) is 2.75. The first-order valence-corrected chi connectivity index (χ1v) is 10.5. The molecule has 32 heavy (non-hydrogen) atoms. The Bertz CT molecular complexity index is 1130. The summed E-state index contributed by atoms with van der Waals surface area (Å²) < 4.78 is 6.77. The van der Waals surface area contributed by atoms with Crippen molar-refractivity contribution in [3.8, 4) is 5.75 Å². The van der Waals surface area contributed by atoms with Crippen LogP contribution in [0, 0.1) is 6.92 Å². The van der Waals surface area contributed by atoms with Gasteiger partial charge in [0.2, 0.25) is 0 Å². The third kappa shape index (κ3) is 4.46. The first-order valence-electron chi connectivity index (χ1n) is 10.5. The zero-order valence-electron chi connectivity index (χ0n) is 18.4. The van der Waals surface area contributed by atoms with Crippen molar-refractivity contribution in [2.45, 2.75) is 32.4 Å². The number of hydrogen-bond acceptors (Lipinski definition) is 6. The lowest BCUT2D eigenvalue weighted by Crippen LogP contribution is -2.33. The van der Waals surface area contributed by atoms with E-state index in [1.807, 2.05) is 24.3 Å². The van der Waals surface area contributed by atoms with Gasteiger partial charge in [0.15, 0.2) is 0 Å². The van der Waals surface area contributed by atoms with Crippen molar-refractivity contribution in [1.82, 2.24) is 30.0 Å². The lowest BCUT2D eigenvalue weighted by molar-refractivity contribution is 0.0729. The number of nitrogens with one attached hydrogen (secondary N) is 1. The van der Waals surface area contributed by atoms with Crippen molar-refractivity contribution in [2.75, 3.05) is 13.7 Å². The first kappa shape index (κ1) is 21.5. The molecular formula is C23H26N6O3. The molecule has 2 aromatic heterocycles. The average molecular weight is 435 g/mol. The van der Waals surface area contributed by atoms with Gasteiger partial charge in [0.25, 0.3) is 11.8 Å². The maximum absolute atomic E-state index is 13.1. The number of carbonyl (C=O) groups is 2. The van der Waals surface area contributed by atoms with E-state index >= 15 is 0 Å². The van der Waals surface area contributed by atoms with Crippen LogP contribution in [0.4, 0.5) is 0 Å². The Hall–Kier alpha value is -3.75. The highest BCUT2D eigenvalue weighted by Crippen LogP contribution is 2.33. The van der Waals surface area contributed by atoms with E-state index in [1.165, 1.54) is 0 Å². The van der Waals surface area contributed by atoms with Crippen molar-refractivity contribution >= 4 is 11.8 Å². The molecule has 1 atom stereocenters. The van der Waals surface area contributed by atoms with Gasteiger partial charge in [-0.05, 0) is 37.5 Å². The summed E-state index contributed by atoms with van der Waals surface area (Å²) in [5.41, 5.74) is 2.44. The lowest BCUT2D eigenvalue weighted by Gasteiger charge is -2.25. The van der Waals surface area contributed by atoms with Gasteiger partial charge in [-0.25, -0.2) is 9.97 Å². The number of aryl methyl sites for hydroxylation is 2. The molecule has 3 heterocycles. The molecule has 4 rings (SSSR count). The molecule has 166 valence electrons. The lowest BCUT2D eigenvalue weighted by atomic mass is 10.0. The average Bonchev–Trinajstić information content (AvgIpc) is 3.46. The third-order valence-corrected chi connectivity index (χ3v) is 5.58. The number of methoxy groups -OCH3 is 1. The van der Waals surface area contributed by atoms with Gasteiger partial charge in [0, 0.05) is 32.5 Å². The Morgan fingerprint density at radius 3 is 2.69 bits per heavy atom. The summed E-state index contributed by atoms with van der Waals surface area (Å²) in [6, 6.07) is 7.21. The van der Waals surface area contributed by atoms with Crippen LogP contribution < -0.4 is 10.1 Å². The minimum atomic E-state index is -0.286. The van der Waals surface area contributed by atoms with Crippen molar-refractivity contribution in [2.24, 2.45) is 7.05 Å². The number of hydrogen-bond donors (Lipinski definition) is 1. The van der Waals surface area contributed by atoms with Crippen LogP contribution in [0.2, 0.25) is 0 Å². The normalized spacial score (nSPS) is 15.6. The van der Waals surface area contributed by atoms with Gasteiger partial charge in [0.05, 0.1) is 36.2 Å². The molecule has 0 bridgehead atoms. The molecule has 2 amide bonds. The number of benzene rings is 1. The highest BCUT2D eigenvalue weighted by molar-refractivity contribution is 5.96. The number of likely N-dealkylation sites (tertiary alicyclic amines) is 1. The molecule has 0 aliphatic carbocycles. The van der Waals surface area contributed by atoms with Crippen molar-refractivity contribution in [1.29, 1.82) is 0 Å². The number of aromatic nitrogens is 4. The SMILES string of the molecule is COc1ccc(CNC(=O)c2cnc(C)nc2C2CCCN2C(=O)c2cnn(C)c2)cc1. The fourth-order valence-corrected chi connectivity index (χ4v) is 3.93. The molecule has 1 unspecified atom stereocenters. The fraction of sp³-hybridized carbons (Fsp3) is 0.348. The van der Waals surface area contributed by atoms with E-state index in [0.717, 1.165) is 24.2 Å². The molecule has 1 saturated heterocycles. The summed E-state index contributed by atoms with van der Waals surface area (Å²) in [6.07, 6.45) is 6.39. The predicted molar refractivity (Wildman–Crippen MR) is 117 cm³/mol. The Kier molecular flexibility index (Phi) is 6.16. The number of ether oxygens (including phenoxy) is 1. The van der Waals surface area contributed by atoms with Crippen molar-refractivity contribution in [3.63, 3.8) is 0 Å². The number of carbonyl (C=O) groups excluding carboxylic acids is 2. The molecule has 1 fully saturated rings. The minimum absolute atomic E-state index is 0.110. The summed E-state index contributed by atoms with van der Waals surface area (Å²) in [5.74, 6) is 0.944. The van der Waals surface area contributed by atoms with E-state index in [4.69, 9.17) is 4.74 Å².